The number of rotatable bonds is 7. The SMILES string of the molecule is CC(=O)N(Cc1ccccc1)[C@@H](C)C(=O)NCCC(C)C. The van der Waals surface area contributed by atoms with Crippen molar-refractivity contribution in [1.29, 1.82) is 0 Å². The third-order valence-electron chi connectivity index (χ3n) is 3.47. The van der Waals surface area contributed by atoms with Crippen LogP contribution in [0, 0.1) is 5.92 Å². The number of carbonyl (C=O) groups excluding carboxylic acids is 2. The Morgan fingerprint density at radius 3 is 2.29 bits per heavy atom. The van der Waals surface area contributed by atoms with Crippen molar-refractivity contribution in [2.75, 3.05) is 6.54 Å². The van der Waals surface area contributed by atoms with E-state index in [1.54, 1.807) is 11.8 Å². The van der Waals surface area contributed by atoms with Crippen LogP contribution in [0.3, 0.4) is 0 Å². The van der Waals surface area contributed by atoms with Crippen molar-refractivity contribution in [3.63, 3.8) is 0 Å². The molecule has 0 aliphatic heterocycles. The summed E-state index contributed by atoms with van der Waals surface area (Å²) in [5, 5.41) is 2.90. The Labute approximate surface area is 127 Å². The Hall–Kier alpha value is -1.84. The maximum absolute atomic E-state index is 12.2. The molecular weight excluding hydrogens is 264 g/mol. The zero-order chi connectivity index (χ0) is 15.8. The predicted octanol–water partition coefficient (Wildman–Crippen LogP) is 2.59. The molecule has 4 heteroatoms. The van der Waals surface area contributed by atoms with E-state index in [0.29, 0.717) is 19.0 Å². The van der Waals surface area contributed by atoms with Crippen molar-refractivity contribution in [2.45, 2.75) is 46.7 Å². The van der Waals surface area contributed by atoms with Crippen LogP contribution in [-0.4, -0.2) is 29.3 Å². The van der Waals surface area contributed by atoms with Gasteiger partial charge in [-0.3, -0.25) is 9.59 Å². The molecule has 0 saturated carbocycles. The second-order valence-corrected chi connectivity index (χ2v) is 5.78. The van der Waals surface area contributed by atoms with Crippen LogP contribution in [0.1, 0.15) is 39.7 Å². The number of hydrogen-bond donors (Lipinski definition) is 1. The van der Waals surface area contributed by atoms with Crippen LogP contribution < -0.4 is 5.32 Å². The van der Waals surface area contributed by atoms with Crippen LogP contribution in [0.2, 0.25) is 0 Å². The Bertz CT molecular complexity index is 457. The number of amides is 2. The van der Waals surface area contributed by atoms with E-state index >= 15 is 0 Å². The molecule has 0 spiro atoms. The number of nitrogens with zero attached hydrogens (tertiary/aromatic N) is 1. The average Bonchev–Trinajstić information content (AvgIpc) is 2.44. The first-order chi connectivity index (χ1) is 9.91. The lowest BCUT2D eigenvalue weighted by atomic mass is 10.1. The van der Waals surface area contributed by atoms with Crippen LogP contribution in [0.15, 0.2) is 30.3 Å². The molecule has 116 valence electrons. The monoisotopic (exact) mass is 290 g/mol. The largest absolute Gasteiger partial charge is 0.354 e. The smallest absolute Gasteiger partial charge is 0.242 e. The van der Waals surface area contributed by atoms with E-state index in [1.165, 1.54) is 6.92 Å². The lowest BCUT2D eigenvalue weighted by Gasteiger charge is -2.27. The van der Waals surface area contributed by atoms with Gasteiger partial charge < -0.3 is 10.2 Å². The molecule has 4 nitrogen and oxygen atoms in total. The van der Waals surface area contributed by atoms with Crippen LogP contribution in [0.25, 0.3) is 0 Å². The lowest BCUT2D eigenvalue weighted by molar-refractivity contribution is -0.139. The molecule has 0 radical (unpaired) electrons. The van der Waals surface area contributed by atoms with Gasteiger partial charge in [-0.1, -0.05) is 44.2 Å². The first kappa shape index (κ1) is 17.2. The highest BCUT2D eigenvalue weighted by Gasteiger charge is 2.23. The summed E-state index contributed by atoms with van der Waals surface area (Å²) in [4.78, 5) is 25.6. The van der Waals surface area contributed by atoms with Crippen molar-refractivity contribution in [2.24, 2.45) is 5.92 Å². The van der Waals surface area contributed by atoms with E-state index in [4.69, 9.17) is 0 Å². The third kappa shape index (κ3) is 5.98. The number of nitrogens with one attached hydrogen (secondary N) is 1. The molecule has 0 saturated heterocycles. The summed E-state index contributed by atoms with van der Waals surface area (Å²) in [6, 6.07) is 9.25. The van der Waals surface area contributed by atoms with Crippen LogP contribution in [0.4, 0.5) is 0 Å². The molecule has 0 aromatic heterocycles. The van der Waals surface area contributed by atoms with Crippen molar-refractivity contribution in [3.05, 3.63) is 35.9 Å². The number of hydrogen-bond acceptors (Lipinski definition) is 2. The molecular formula is C17H26N2O2. The van der Waals surface area contributed by atoms with Gasteiger partial charge in [-0.05, 0) is 24.8 Å². The third-order valence-corrected chi connectivity index (χ3v) is 3.47. The fourth-order valence-electron chi connectivity index (χ4n) is 2.07. The van der Waals surface area contributed by atoms with Crippen LogP contribution >= 0.6 is 0 Å². The summed E-state index contributed by atoms with van der Waals surface area (Å²) in [5.41, 5.74) is 1.02. The van der Waals surface area contributed by atoms with E-state index < -0.39 is 6.04 Å². The Morgan fingerprint density at radius 2 is 1.76 bits per heavy atom. The quantitative estimate of drug-likeness (QED) is 0.839. The van der Waals surface area contributed by atoms with Gasteiger partial charge in [-0.2, -0.15) is 0 Å². The maximum atomic E-state index is 12.2. The Morgan fingerprint density at radius 1 is 1.14 bits per heavy atom. The van der Waals surface area contributed by atoms with Crippen LogP contribution in [-0.2, 0) is 16.1 Å². The van der Waals surface area contributed by atoms with Crippen molar-refractivity contribution >= 4 is 11.8 Å². The normalized spacial score (nSPS) is 12.0. The molecule has 1 aromatic rings. The maximum Gasteiger partial charge on any atom is 0.242 e. The number of benzene rings is 1. The summed E-state index contributed by atoms with van der Waals surface area (Å²) in [6.45, 7) is 8.61. The second kappa shape index (κ2) is 8.45. The molecule has 1 N–H and O–H groups in total. The number of carbonyl (C=O) groups is 2. The first-order valence-electron chi connectivity index (χ1n) is 7.50. The molecule has 1 atom stereocenters. The molecule has 0 fully saturated rings. The van der Waals surface area contributed by atoms with Gasteiger partial charge in [0.1, 0.15) is 6.04 Å². The lowest BCUT2D eigenvalue weighted by Crippen LogP contribution is -2.47. The van der Waals surface area contributed by atoms with Gasteiger partial charge in [0.05, 0.1) is 0 Å². The fraction of sp³-hybridized carbons (Fsp3) is 0.529. The first-order valence-corrected chi connectivity index (χ1v) is 7.50. The van der Waals surface area contributed by atoms with Gasteiger partial charge in [0.15, 0.2) is 0 Å². The molecule has 1 rings (SSSR count). The van der Waals surface area contributed by atoms with Crippen molar-refractivity contribution < 1.29 is 9.59 Å². The standard InChI is InChI=1S/C17H26N2O2/c1-13(2)10-11-18-17(21)14(3)19(15(4)20)12-16-8-6-5-7-9-16/h5-9,13-14H,10-12H2,1-4H3,(H,18,21)/t14-/m0/s1. The van der Waals surface area contributed by atoms with Crippen LogP contribution in [0.5, 0.6) is 0 Å². The summed E-state index contributed by atoms with van der Waals surface area (Å²) < 4.78 is 0. The Kier molecular flexibility index (Phi) is 6.92. The fourth-order valence-corrected chi connectivity index (χ4v) is 2.07. The predicted molar refractivity (Wildman–Crippen MR) is 84.6 cm³/mol. The van der Waals surface area contributed by atoms with Gasteiger partial charge in [-0.15, -0.1) is 0 Å². The summed E-state index contributed by atoms with van der Waals surface area (Å²) in [7, 11) is 0. The van der Waals surface area contributed by atoms with Crippen molar-refractivity contribution in [1.82, 2.24) is 10.2 Å². The van der Waals surface area contributed by atoms with Gasteiger partial charge in [0.2, 0.25) is 11.8 Å². The van der Waals surface area contributed by atoms with E-state index in [1.807, 2.05) is 30.3 Å². The van der Waals surface area contributed by atoms with Gasteiger partial charge in [0.25, 0.3) is 0 Å². The molecule has 0 aliphatic carbocycles. The second-order valence-electron chi connectivity index (χ2n) is 5.78. The molecule has 2 amide bonds. The topological polar surface area (TPSA) is 49.4 Å². The summed E-state index contributed by atoms with van der Waals surface area (Å²) >= 11 is 0. The molecule has 1 aromatic carbocycles. The minimum absolute atomic E-state index is 0.0923. The molecule has 0 bridgehead atoms. The Balaban J connectivity index is 2.63. The minimum Gasteiger partial charge on any atom is -0.354 e. The average molecular weight is 290 g/mol. The zero-order valence-corrected chi connectivity index (χ0v) is 13.4. The van der Waals surface area contributed by atoms with Gasteiger partial charge >= 0.3 is 0 Å². The highest BCUT2D eigenvalue weighted by atomic mass is 16.2. The highest BCUT2D eigenvalue weighted by molar-refractivity contribution is 5.86. The molecule has 0 unspecified atom stereocenters. The molecule has 21 heavy (non-hydrogen) atoms. The van der Waals surface area contributed by atoms with E-state index in [-0.39, 0.29) is 11.8 Å². The van der Waals surface area contributed by atoms with E-state index in [0.717, 1.165) is 12.0 Å². The highest BCUT2D eigenvalue weighted by Crippen LogP contribution is 2.09. The molecule has 0 heterocycles. The zero-order valence-electron chi connectivity index (χ0n) is 13.4. The van der Waals surface area contributed by atoms with Gasteiger partial charge in [0, 0.05) is 20.0 Å². The molecule has 0 aliphatic rings. The van der Waals surface area contributed by atoms with E-state index in [9.17, 15) is 9.59 Å². The van der Waals surface area contributed by atoms with Gasteiger partial charge in [-0.25, -0.2) is 0 Å². The summed E-state index contributed by atoms with van der Waals surface area (Å²) in [5.74, 6) is 0.362. The minimum atomic E-state index is -0.463. The van der Waals surface area contributed by atoms with E-state index in [2.05, 4.69) is 19.2 Å². The summed E-state index contributed by atoms with van der Waals surface area (Å²) in [6.07, 6.45) is 0.942. The van der Waals surface area contributed by atoms with Crippen molar-refractivity contribution in [3.8, 4) is 0 Å².